The summed E-state index contributed by atoms with van der Waals surface area (Å²) in [6, 6.07) is 26.8. The van der Waals surface area contributed by atoms with Crippen molar-refractivity contribution >= 4 is 11.6 Å². The van der Waals surface area contributed by atoms with Gasteiger partial charge in [0.05, 0.1) is 0 Å². The molecule has 4 saturated carbocycles. The highest BCUT2D eigenvalue weighted by Crippen LogP contribution is 2.59. The largest absolute Gasteiger partial charge is 0.322 e. The SMILES string of the molecule is O=C(Nc1ccc(C2C3CC4CC(C3)CC2C4)cc1)c1ccc(-c2ccccc2)cc1. The van der Waals surface area contributed by atoms with Gasteiger partial charge in [-0.15, -0.1) is 0 Å². The maximum atomic E-state index is 12.7. The molecule has 2 nitrogen and oxygen atoms in total. The Hall–Kier alpha value is -2.87. The standard InChI is InChI=1S/C29H29NO/c31-29(24-8-6-22(7-9-24)21-4-2-1-3-5-21)30-27-12-10-23(11-13-27)28-25-15-19-14-20(17-25)18-26(28)16-19/h1-13,19-20,25-26,28H,14-18H2,(H,30,31). The van der Waals surface area contributed by atoms with Gasteiger partial charge >= 0.3 is 0 Å². The lowest BCUT2D eigenvalue weighted by molar-refractivity contribution is -0.00277. The lowest BCUT2D eigenvalue weighted by atomic mass is 9.51. The minimum Gasteiger partial charge on any atom is -0.322 e. The van der Waals surface area contributed by atoms with Crippen LogP contribution in [0, 0.1) is 23.7 Å². The van der Waals surface area contributed by atoms with Crippen LogP contribution in [0.3, 0.4) is 0 Å². The van der Waals surface area contributed by atoms with Crippen molar-refractivity contribution in [1.29, 1.82) is 0 Å². The van der Waals surface area contributed by atoms with E-state index >= 15 is 0 Å². The smallest absolute Gasteiger partial charge is 0.255 e. The first-order valence-corrected chi connectivity index (χ1v) is 11.8. The summed E-state index contributed by atoms with van der Waals surface area (Å²) in [5.74, 6) is 4.47. The second-order valence-corrected chi connectivity index (χ2v) is 9.98. The third-order valence-electron chi connectivity index (χ3n) is 8.03. The van der Waals surface area contributed by atoms with Crippen LogP contribution in [-0.4, -0.2) is 5.91 Å². The molecule has 3 aromatic rings. The Labute approximate surface area is 184 Å². The molecule has 0 unspecified atom stereocenters. The second kappa shape index (κ2) is 7.67. The van der Waals surface area contributed by atoms with Gasteiger partial charge in [-0.1, -0.05) is 54.6 Å². The van der Waals surface area contributed by atoms with Gasteiger partial charge in [0.1, 0.15) is 0 Å². The van der Waals surface area contributed by atoms with Gasteiger partial charge in [0, 0.05) is 11.3 Å². The van der Waals surface area contributed by atoms with Crippen molar-refractivity contribution in [2.75, 3.05) is 5.32 Å². The van der Waals surface area contributed by atoms with E-state index in [1.165, 1.54) is 37.7 Å². The van der Waals surface area contributed by atoms with Crippen molar-refractivity contribution in [3.05, 3.63) is 90.0 Å². The number of hydrogen-bond donors (Lipinski definition) is 1. The Morgan fingerprint density at radius 2 is 1.23 bits per heavy atom. The van der Waals surface area contributed by atoms with Gasteiger partial charge in [0.25, 0.3) is 5.91 Å². The molecular formula is C29H29NO. The Bertz CT molecular complexity index is 1040. The average Bonchev–Trinajstić information content (AvgIpc) is 2.80. The van der Waals surface area contributed by atoms with Gasteiger partial charge in [0.2, 0.25) is 0 Å². The van der Waals surface area contributed by atoms with E-state index < -0.39 is 0 Å². The molecule has 0 heterocycles. The number of nitrogens with one attached hydrogen (secondary N) is 1. The van der Waals surface area contributed by atoms with Crippen LogP contribution < -0.4 is 5.32 Å². The molecule has 0 radical (unpaired) electrons. The number of benzene rings is 3. The van der Waals surface area contributed by atoms with Gasteiger partial charge in [-0.05, 0) is 103 Å². The first kappa shape index (κ1) is 18.9. The molecule has 4 aliphatic rings. The molecule has 1 N–H and O–H groups in total. The molecule has 0 aliphatic heterocycles. The summed E-state index contributed by atoms with van der Waals surface area (Å²) in [4.78, 5) is 12.7. The maximum Gasteiger partial charge on any atom is 0.255 e. The van der Waals surface area contributed by atoms with Gasteiger partial charge in [-0.25, -0.2) is 0 Å². The summed E-state index contributed by atoms with van der Waals surface area (Å²) in [7, 11) is 0. The van der Waals surface area contributed by atoms with Gasteiger partial charge in [-0.2, -0.15) is 0 Å². The zero-order chi connectivity index (χ0) is 20.8. The molecular weight excluding hydrogens is 378 g/mol. The highest BCUT2D eigenvalue weighted by Gasteiger charge is 2.48. The van der Waals surface area contributed by atoms with E-state index in [1.807, 2.05) is 42.5 Å². The molecule has 4 bridgehead atoms. The third kappa shape index (κ3) is 3.59. The van der Waals surface area contributed by atoms with E-state index in [9.17, 15) is 4.79 Å². The molecule has 0 saturated heterocycles. The Kier molecular flexibility index (Phi) is 4.67. The summed E-state index contributed by atoms with van der Waals surface area (Å²) >= 11 is 0. The number of anilines is 1. The van der Waals surface area contributed by atoms with Crippen LogP contribution >= 0.6 is 0 Å². The van der Waals surface area contributed by atoms with Crippen molar-refractivity contribution < 1.29 is 4.79 Å². The molecule has 4 aliphatic carbocycles. The molecule has 1 amide bonds. The number of rotatable bonds is 4. The van der Waals surface area contributed by atoms with Gasteiger partial charge < -0.3 is 5.32 Å². The van der Waals surface area contributed by atoms with E-state index in [4.69, 9.17) is 0 Å². The van der Waals surface area contributed by atoms with Crippen LogP contribution in [0.1, 0.15) is 53.9 Å². The second-order valence-electron chi connectivity index (χ2n) is 9.98. The van der Waals surface area contributed by atoms with Crippen LogP contribution in [0.15, 0.2) is 78.9 Å². The Balaban J connectivity index is 1.14. The summed E-state index contributed by atoms with van der Waals surface area (Å²) < 4.78 is 0. The van der Waals surface area contributed by atoms with Crippen molar-refractivity contribution in [2.24, 2.45) is 23.7 Å². The van der Waals surface area contributed by atoms with Crippen molar-refractivity contribution in [1.82, 2.24) is 0 Å². The molecule has 156 valence electrons. The van der Waals surface area contributed by atoms with E-state index in [0.29, 0.717) is 5.56 Å². The monoisotopic (exact) mass is 407 g/mol. The molecule has 4 fully saturated rings. The molecule has 0 aromatic heterocycles. The number of hydrogen-bond acceptors (Lipinski definition) is 1. The van der Waals surface area contributed by atoms with Crippen LogP contribution in [-0.2, 0) is 0 Å². The molecule has 0 spiro atoms. The fourth-order valence-corrected chi connectivity index (χ4v) is 6.91. The lowest BCUT2D eigenvalue weighted by Crippen LogP contribution is -2.43. The summed E-state index contributed by atoms with van der Waals surface area (Å²) in [6.07, 6.45) is 7.26. The summed E-state index contributed by atoms with van der Waals surface area (Å²) in [5.41, 5.74) is 5.33. The topological polar surface area (TPSA) is 29.1 Å². The lowest BCUT2D eigenvalue weighted by Gasteiger charge is -2.54. The number of carbonyl (C=O) groups is 1. The zero-order valence-corrected chi connectivity index (χ0v) is 17.8. The minimum atomic E-state index is -0.0537. The van der Waals surface area contributed by atoms with Gasteiger partial charge in [0.15, 0.2) is 0 Å². The average molecular weight is 408 g/mol. The van der Waals surface area contributed by atoms with E-state index in [2.05, 4.69) is 41.7 Å². The molecule has 7 rings (SSSR count). The summed E-state index contributed by atoms with van der Waals surface area (Å²) in [5, 5.41) is 3.07. The molecule has 0 atom stereocenters. The Morgan fingerprint density at radius 1 is 0.645 bits per heavy atom. The van der Waals surface area contributed by atoms with Crippen molar-refractivity contribution in [3.63, 3.8) is 0 Å². The van der Waals surface area contributed by atoms with Crippen LogP contribution in [0.4, 0.5) is 5.69 Å². The predicted octanol–water partition coefficient (Wildman–Crippen LogP) is 7.15. The molecule has 3 aromatic carbocycles. The highest BCUT2D eigenvalue weighted by atomic mass is 16.1. The third-order valence-corrected chi connectivity index (χ3v) is 8.03. The predicted molar refractivity (Wildman–Crippen MR) is 126 cm³/mol. The van der Waals surface area contributed by atoms with Crippen LogP contribution in [0.5, 0.6) is 0 Å². The fourth-order valence-electron chi connectivity index (χ4n) is 6.91. The Morgan fingerprint density at radius 3 is 1.84 bits per heavy atom. The quantitative estimate of drug-likeness (QED) is 0.489. The van der Waals surface area contributed by atoms with Crippen LogP contribution in [0.25, 0.3) is 11.1 Å². The zero-order valence-electron chi connectivity index (χ0n) is 17.8. The molecule has 31 heavy (non-hydrogen) atoms. The van der Waals surface area contributed by atoms with E-state index in [-0.39, 0.29) is 5.91 Å². The van der Waals surface area contributed by atoms with E-state index in [0.717, 1.165) is 46.4 Å². The molecule has 2 heteroatoms. The first-order chi connectivity index (χ1) is 15.2. The van der Waals surface area contributed by atoms with E-state index in [1.54, 1.807) is 0 Å². The first-order valence-electron chi connectivity index (χ1n) is 11.8. The van der Waals surface area contributed by atoms with Crippen molar-refractivity contribution in [2.45, 2.75) is 38.0 Å². The van der Waals surface area contributed by atoms with Crippen LogP contribution in [0.2, 0.25) is 0 Å². The summed E-state index contributed by atoms with van der Waals surface area (Å²) in [6.45, 7) is 0. The van der Waals surface area contributed by atoms with Crippen molar-refractivity contribution in [3.8, 4) is 11.1 Å². The minimum absolute atomic E-state index is 0.0537. The highest BCUT2D eigenvalue weighted by molar-refractivity contribution is 6.04. The fraction of sp³-hybridized carbons (Fsp3) is 0.345. The number of carbonyl (C=O) groups excluding carboxylic acids is 1. The normalized spacial score (nSPS) is 28.5. The number of amides is 1. The maximum absolute atomic E-state index is 12.7. The van der Waals surface area contributed by atoms with Gasteiger partial charge in [-0.3, -0.25) is 4.79 Å².